The molecule has 0 aliphatic carbocycles. The first-order valence-corrected chi connectivity index (χ1v) is 8.55. The quantitative estimate of drug-likeness (QED) is 0.764. The maximum atomic E-state index is 12.0. The van der Waals surface area contributed by atoms with Crippen molar-refractivity contribution in [1.29, 1.82) is 0 Å². The Hall–Kier alpha value is -2.62. The average Bonchev–Trinajstić information content (AvgIpc) is 2.60. The van der Waals surface area contributed by atoms with E-state index in [9.17, 15) is 9.59 Å². The lowest BCUT2D eigenvalue weighted by atomic mass is 9.85. The zero-order chi connectivity index (χ0) is 18.1. The Labute approximate surface area is 148 Å². The number of hydrogen-bond acceptors (Lipinski definition) is 3. The molecule has 0 saturated heterocycles. The van der Waals surface area contributed by atoms with Gasteiger partial charge in [-0.1, -0.05) is 25.1 Å². The number of esters is 1. The van der Waals surface area contributed by atoms with E-state index < -0.39 is 0 Å². The van der Waals surface area contributed by atoms with Crippen LogP contribution in [0.25, 0.3) is 11.1 Å². The summed E-state index contributed by atoms with van der Waals surface area (Å²) in [5.74, 6) is 0.141. The molecule has 0 bridgehead atoms. The SMILES string of the molecule is COC(=O)c1ccc(-c2ccc3c(c2)[C@@H](C)CC(C)N3C(C)=O)cc1. The van der Waals surface area contributed by atoms with Gasteiger partial charge in [-0.2, -0.15) is 0 Å². The van der Waals surface area contributed by atoms with Crippen LogP contribution < -0.4 is 4.90 Å². The molecule has 1 unspecified atom stereocenters. The predicted octanol–water partition coefficient (Wildman–Crippen LogP) is 4.39. The van der Waals surface area contributed by atoms with Crippen LogP contribution in [0.5, 0.6) is 0 Å². The highest BCUT2D eigenvalue weighted by atomic mass is 16.5. The third kappa shape index (κ3) is 3.16. The van der Waals surface area contributed by atoms with Gasteiger partial charge in [0, 0.05) is 18.7 Å². The van der Waals surface area contributed by atoms with Gasteiger partial charge in [0.1, 0.15) is 0 Å². The Kier molecular flexibility index (Phi) is 4.62. The van der Waals surface area contributed by atoms with Gasteiger partial charge in [-0.25, -0.2) is 4.79 Å². The topological polar surface area (TPSA) is 46.6 Å². The molecule has 4 heteroatoms. The minimum atomic E-state index is -0.336. The first-order chi connectivity index (χ1) is 11.9. The van der Waals surface area contributed by atoms with Gasteiger partial charge in [0.15, 0.2) is 0 Å². The number of carbonyl (C=O) groups excluding carboxylic acids is 2. The Bertz CT molecular complexity index is 810. The highest BCUT2D eigenvalue weighted by Crippen LogP contribution is 2.40. The summed E-state index contributed by atoms with van der Waals surface area (Å²) in [5.41, 5.74) is 4.86. The molecule has 0 fully saturated rings. The second kappa shape index (κ2) is 6.71. The lowest BCUT2D eigenvalue weighted by molar-refractivity contribution is -0.117. The standard InChI is InChI=1S/C21H23NO3/c1-13-11-14(2)22(15(3)23)20-10-9-18(12-19(13)20)16-5-7-17(8-6-16)21(24)25-4/h5-10,12-14H,11H2,1-4H3/t13-,14?/m0/s1. The first-order valence-electron chi connectivity index (χ1n) is 8.55. The number of rotatable bonds is 2. The highest BCUT2D eigenvalue weighted by Gasteiger charge is 2.30. The Morgan fingerprint density at radius 1 is 1.04 bits per heavy atom. The van der Waals surface area contributed by atoms with Crippen LogP contribution in [0.2, 0.25) is 0 Å². The van der Waals surface area contributed by atoms with Crippen molar-refractivity contribution in [3.8, 4) is 11.1 Å². The Morgan fingerprint density at radius 2 is 1.68 bits per heavy atom. The minimum Gasteiger partial charge on any atom is -0.465 e. The van der Waals surface area contributed by atoms with E-state index in [1.165, 1.54) is 12.7 Å². The van der Waals surface area contributed by atoms with Crippen molar-refractivity contribution in [1.82, 2.24) is 0 Å². The number of benzene rings is 2. The van der Waals surface area contributed by atoms with Crippen molar-refractivity contribution in [2.45, 2.75) is 39.2 Å². The lowest BCUT2D eigenvalue weighted by Gasteiger charge is -2.38. The van der Waals surface area contributed by atoms with E-state index in [1.807, 2.05) is 29.2 Å². The van der Waals surface area contributed by atoms with E-state index in [4.69, 9.17) is 4.74 Å². The number of nitrogens with zero attached hydrogens (tertiary/aromatic N) is 1. The van der Waals surface area contributed by atoms with Crippen molar-refractivity contribution in [2.75, 3.05) is 12.0 Å². The van der Waals surface area contributed by atoms with Gasteiger partial charge in [0.05, 0.1) is 12.7 Å². The van der Waals surface area contributed by atoms with Crippen LogP contribution in [0.3, 0.4) is 0 Å². The van der Waals surface area contributed by atoms with Crippen molar-refractivity contribution in [3.63, 3.8) is 0 Å². The Morgan fingerprint density at radius 3 is 2.28 bits per heavy atom. The van der Waals surface area contributed by atoms with Crippen molar-refractivity contribution < 1.29 is 14.3 Å². The zero-order valence-corrected chi connectivity index (χ0v) is 15.1. The fourth-order valence-corrected chi connectivity index (χ4v) is 3.73. The lowest BCUT2D eigenvalue weighted by Crippen LogP contribution is -2.41. The van der Waals surface area contributed by atoms with Gasteiger partial charge in [-0.3, -0.25) is 4.79 Å². The summed E-state index contributed by atoms with van der Waals surface area (Å²) in [6, 6.07) is 13.8. The molecule has 1 heterocycles. The van der Waals surface area contributed by atoms with E-state index in [2.05, 4.69) is 19.9 Å². The Balaban J connectivity index is 1.99. The van der Waals surface area contributed by atoms with E-state index >= 15 is 0 Å². The van der Waals surface area contributed by atoms with Crippen LogP contribution in [0.1, 0.15) is 49.0 Å². The van der Waals surface area contributed by atoms with Crippen molar-refractivity contribution >= 4 is 17.6 Å². The average molecular weight is 337 g/mol. The molecular weight excluding hydrogens is 314 g/mol. The molecule has 2 atom stereocenters. The molecule has 2 aromatic rings. The summed E-state index contributed by atoms with van der Waals surface area (Å²) >= 11 is 0. The smallest absolute Gasteiger partial charge is 0.337 e. The fraction of sp³-hybridized carbons (Fsp3) is 0.333. The molecule has 25 heavy (non-hydrogen) atoms. The minimum absolute atomic E-state index is 0.0795. The van der Waals surface area contributed by atoms with Crippen LogP contribution in [-0.4, -0.2) is 25.0 Å². The molecule has 0 aromatic heterocycles. The molecule has 0 spiro atoms. The van der Waals surface area contributed by atoms with Gasteiger partial charge in [0.2, 0.25) is 5.91 Å². The molecule has 0 saturated carbocycles. The predicted molar refractivity (Wildman–Crippen MR) is 98.9 cm³/mol. The third-order valence-corrected chi connectivity index (χ3v) is 4.93. The maximum Gasteiger partial charge on any atom is 0.337 e. The van der Waals surface area contributed by atoms with E-state index in [-0.39, 0.29) is 17.9 Å². The van der Waals surface area contributed by atoms with Crippen LogP contribution in [-0.2, 0) is 9.53 Å². The molecule has 0 N–H and O–H groups in total. The second-order valence-electron chi connectivity index (χ2n) is 6.72. The number of hydrogen-bond donors (Lipinski definition) is 0. The number of methoxy groups -OCH3 is 1. The molecule has 0 radical (unpaired) electrons. The molecule has 2 aromatic carbocycles. The molecule has 3 rings (SSSR count). The van der Waals surface area contributed by atoms with Crippen LogP contribution >= 0.6 is 0 Å². The summed E-state index contributed by atoms with van der Waals surface area (Å²) in [7, 11) is 1.38. The molecule has 1 aliphatic heterocycles. The van der Waals surface area contributed by atoms with Gasteiger partial charge < -0.3 is 9.64 Å². The number of anilines is 1. The zero-order valence-electron chi connectivity index (χ0n) is 15.1. The fourth-order valence-electron chi connectivity index (χ4n) is 3.73. The van der Waals surface area contributed by atoms with Gasteiger partial charge in [-0.15, -0.1) is 0 Å². The summed E-state index contributed by atoms with van der Waals surface area (Å²) < 4.78 is 4.74. The van der Waals surface area contributed by atoms with Gasteiger partial charge >= 0.3 is 5.97 Å². The summed E-state index contributed by atoms with van der Waals surface area (Å²) in [6.07, 6.45) is 0.956. The number of carbonyl (C=O) groups is 2. The summed E-state index contributed by atoms with van der Waals surface area (Å²) in [5, 5.41) is 0. The van der Waals surface area contributed by atoms with Crippen molar-refractivity contribution in [3.05, 3.63) is 53.6 Å². The molecule has 4 nitrogen and oxygen atoms in total. The first kappa shape index (κ1) is 17.2. The maximum absolute atomic E-state index is 12.0. The van der Waals surface area contributed by atoms with E-state index in [1.54, 1.807) is 19.1 Å². The number of fused-ring (bicyclic) bond motifs is 1. The molecule has 130 valence electrons. The molecule has 1 amide bonds. The number of amides is 1. The van der Waals surface area contributed by atoms with Crippen LogP contribution in [0.15, 0.2) is 42.5 Å². The van der Waals surface area contributed by atoms with Crippen LogP contribution in [0, 0.1) is 0 Å². The normalized spacial score (nSPS) is 19.3. The number of ether oxygens (including phenoxy) is 1. The second-order valence-corrected chi connectivity index (χ2v) is 6.72. The van der Waals surface area contributed by atoms with E-state index in [0.29, 0.717) is 11.5 Å². The molecular formula is C21H23NO3. The third-order valence-electron chi connectivity index (χ3n) is 4.93. The van der Waals surface area contributed by atoms with E-state index in [0.717, 1.165) is 23.2 Å². The van der Waals surface area contributed by atoms with Gasteiger partial charge in [0.25, 0.3) is 0 Å². The molecule has 1 aliphatic rings. The van der Waals surface area contributed by atoms with Gasteiger partial charge in [-0.05, 0) is 60.2 Å². The largest absolute Gasteiger partial charge is 0.465 e. The highest BCUT2D eigenvalue weighted by molar-refractivity contribution is 5.94. The van der Waals surface area contributed by atoms with Crippen LogP contribution in [0.4, 0.5) is 5.69 Å². The van der Waals surface area contributed by atoms with Crippen molar-refractivity contribution in [2.24, 2.45) is 0 Å². The summed E-state index contributed by atoms with van der Waals surface area (Å²) in [4.78, 5) is 25.5. The summed E-state index contributed by atoms with van der Waals surface area (Å²) in [6.45, 7) is 5.92. The monoisotopic (exact) mass is 337 g/mol.